The first kappa shape index (κ1) is 13.2. The van der Waals surface area contributed by atoms with Crippen molar-refractivity contribution in [3.8, 4) is 12.1 Å². The molecule has 1 saturated heterocycles. The summed E-state index contributed by atoms with van der Waals surface area (Å²) >= 11 is 0. The minimum atomic E-state index is -0.952. The summed E-state index contributed by atoms with van der Waals surface area (Å²) in [6, 6.07) is 3.84. The number of imide groups is 1. The van der Waals surface area contributed by atoms with E-state index in [2.05, 4.69) is 5.32 Å². The molecule has 1 rings (SSSR count). The molecular formula is C12H15N3O2. The lowest BCUT2D eigenvalue weighted by atomic mass is 9.62. The third kappa shape index (κ3) is 2.14. The second-order valence-corrected chi connectivity index (χ2v) is 5.08. The van der Waals surface area contributed by atoms with Gasteiger partial charge < -0.3 is 0 Å². The van der Waals surface area contributed by atoms with E-state index in [0.717, 1.165) is 0 Å². The van der Waals surface area contributed by atoms with Crippen molar-refractivity contribution in [1.29, 1.82) is 10.5 Å². The van der Waals surface area contributed by atoms with Crippen LogP contribution in [0.5, 0.6) is 0 Å². The molecule has 0 aromatic heterocycles. The number of carbonyl (C=O) groups excluding carboxylic acids is 2. The summed E-state index contributed by atoms with van der Waals surface area (Å²) in [5, 5.41) is 20.2. The number of nitrogens with zero attached hydrogens (tertiary/aromatic N) is 2. The van der Waals surface area contributed by atoms with Crippen LogP contribution in [0.25, 0.3) is 0 Å². The molecule has 0 saturated carbocycles. The van der Waals surface area contributed by atoms with Gasteiger partial charge in [0.25, 0.3) is 0 Å². The predicted octanol–water partition coefficient (Wildman–Crippen LogP) is 0.975. The highest BCUT2D eigenvalue weighted by Gasteiger charge is 2.53. The minimum Gasteiger partial charge on any atom is -0.294 e. The predicted molar refractivity (Wildman–Crippen MR) is 58.9 cm³/mol. The second kappa shape index (κ2) is 4.55. The third-order valence-corrected chi connectivity index (χ3v) is 3.20. The Hall–Kier alpha value is -1.88. The van der Waals surface area contributed by atoms with Crippen LogP contribution in [0.1, 0.15) is 27.2 Å². The van der Waals surface area contributed by atoms with Crippen LogP contribution in [0.3, 0.4) is 0 Å². The lowest BCUT2D eigenvalue weighted by molar-refractivity contribution is -0.144. The van der Waals surface area contributed by atoms with Gasteiger partial charge in [-0.25, -0.2) is 0 Å². The maximum atomic E-state index is 11.6. The van der Waals surface area contributed by atoms with Gasteiger partial charge in [-0.2, -0.15) is 10.5 Å². The average Bonchev–Trinajstić information content (AvgIpc) is 2.15. The van der Waals surface area contributed by atoms with Crippen LogP contribution in [0.15, 0.2) is 0 Å². The number of nitrogens with one attached hydrogen (secondary N) is 1. The molecule has 1 fully saturated rings. The monoisotopic (exact) mass is 233 g/mol. The molecule has 5 nitrogen and oxygen atoms in total. The van der Waals surface area contributed by atoms with Gasteiger partial charge in [-0.3, -0.25) is 14.9 Å². The Morgan fingerprint density at radius 1 is 1.24 bits per heavy atom. The Balaban J connectivity index is 3.23. The van der Waals surface area contributed by atoms with Crippen molar-refractivity contribution in [3.63, 3.8) is 0 Å². The van der Waals surface area contributed by atoms with E-state index >= 15 is 0 Å². The van der Waals surface area contributed by atoms with E-state index in [1.54, 1.807) is 6.92 Å². The summed E-state index contributed by atoms with van der Waals surface area (Å²) < 4.78 is 0. The van der Waals surface area contributed by atoms with Crippen molar-refractivity contribution in [1.82, 2.24) is 5.32 Å². The molecule has 1 aliphatic heterocycles. The molecule has 0 aromatic carbocycles. The number of amides is 2. The second-order valence-electron chi connectivity index (χ2n) is 5.08. The van der Waals surface area contributed by atoms with Gasteiger partial charge in [0.15, 0.2) is 0 Å². The molecule has 17 heavy (non-hydrogen) atoms. The smallest absolute Gasteiger partial charge is 0.244 e. The maximum Gasteiger partial charge on any atom is 0.244 e. The summed E-state index contributed by atoms with van der Waals surface area (Å²) in [6.45, 7) is 5.54. The highest BCUT2D eigenvalue weighted by Crippen LogP contribution is 2.43. The van der Waals surface area contributed by atoms with Crippen molar-refractivity contribution in [2.75, 3.05) is 0 Å². The van der Waals surface area contributed by atoms with E-state index in [1.165, 1.54) is 0 Å². The largest absolute Gasteiger partial charge is 0.294 e. The Morgan fingerprint density at radius 3 is 1.94 bits per heavy atom. The Kier molecular flexibility index (Phi) is 3.53. The SMILES string of the molecule is CC(C)CC1(C)[C@@H](C#N)C(=O)NC(=O)[C@@H]1C#N. The Bertz CT molecular complexity index is 396. The van der Waals surface area contributed by atoms with Gasteiger partial charge in [-0.15, -0.1) is 0 Å². The fourth-order valence-corrected chi connectivity index (χ4v) is 2.56. The zero-order valence-electron chi connectivity index (χ0n) is 10.2. The van der Waals surface area contributed by atoms with E-state index in [9.17, 15) is 9.59 Å². The van der Waals surface area contributed by atoms with E-state index < -0.39 is 29.1 Å². The summed E-state index contributed by atoms with van der Waals surface area (Å²) in [7, 11) is 0. The van der Waals surface area contributed by atoms with Gasteiger partial charge in [-0.1, -0.05) is 20.8 Å². The first-order valence-corrected chi connectivity index (χ1v) is 5.50. The molecule has 0 unspecified atom stereocenters. The molecule has 1 aliphatic rings. The van der Waals surface area contributed by atoms with E-state index in [1.807, 2.05) is 26.0 Å². The molecule has 1 heterocycles. The van der Waals surface area contributed by atoms with Crippen LogP contribution in [0.4, 0.5) is 0 Å². The highest BCUT2D eigenvalue weighted by molar-refractivity contribution is 6.03. The van der Waals surface area contributed by atoms with Crippen molar-refractivity contribution in [2.24, 2.45) is 23.2 Å². The highest BCUT2D eigenvalue weighted by atomic mass is 16.2. The quantitative estimate of drug-likeness (QED) is 0.719. The zero-order valence-corrected chi connectivity index (χ0v) is 10.2. The molecule has 1 N–H and O–H groups in total. The van der Waals surface area contributed by atoms with Gasteiger partial charge in [0.05, 0.1) is 12.1 Å². The van der Waals surface area contributed by atoms with Crippen molar-refractivity contribution >= 4 is 11.8 Å². The molecule has 0 aliphatic carbocycles. The average molecular weight is 233 g/mol. The lowest BCUT2D eigenvalue weighted by Crippen LogP contribution is -2.56. The van der Waals surface area contributed by atoms with Gasteiger partial charge >= 0.3 is 0 Å². The van der Waals surface area contributed by atoms with Crippen molar-refractivity contribution in [3.05, 3.63) is 0 Å². The van der Waals surface area contributed by atoms with Crippen LogP contribution >= 0.6 is 0 Å². The summed E-state index contributed by atoms with van der Waals surface area (Å²) in [6.07, 6.45) is 0.489. The first-order chi connectivity index (χ1) is 7.86. The van der Waals surface area contributed by atoms with E-state index in [-0.39, 0.29) is 5.92 Å². The number of nitriles is 2. The van der Waals surface area contributed by atoms with Crippen LogP contribution in [0, 0.1) is 45.8 Å². The normalized spacial score (nSPS) is 27.2. The van der Waals surface area contributed by atoms with Gasteiger partial charge in [-0.05, 0) is 12.3 Å². The van der Waals surface area contributed by atoms with Gasteiger partial charge in [0.1, 0.15) is 11.8 Å². The molecule has 0 aromatic rings. The maximum absolute atomic E-state index is 11.6. The number of piperidine rings is 1. The van der Waals surface area contributed by atoms with Crippen LogP contribution in [-0.4, -0.2) is 11.8 Å². The topological polar surface area (TPSA) is 93.8 Å². The first-order valence-electron chi connectivity index (χ1n) is 5.50. The van der Waals surface area contributed by atoms with Gasteiger partial charge in [0, 0.05) is 5.41 Å². The Labute approximate surface area is 100 Å². The molecule has 2 amide bonds. The number of rotatable bonds is 2. The summed E-state index contributed by atoms with van der Waals surface area (Å²) in [5.41, 5.74) is -0.906. The number of carbonyl (C=O) groups is 2. The van der Waals surface area contributed by atoms with Crippen LogP contribution in [0.2, 0.25) is 0 Å². The minimum absolute atomic E-state index is 0.199. The molecule has 5 heteroatoms. The fraction of sp³-hybridized carbons (Fsp3) is 0.667. The lowest BCUT2D eigenvalue weighted by Gasteiger charge is -2.40. The molecule has 0 bridgehead atoms. The van der Waals surface area contributed by atoms with Crippen LogP contribution in [-0.2, 0) is 9.59 Å². The fourth-order valence-electron chi connectivity index (χ4n) is 2.56. The van der Waals surface area contributed by atoms with Gasteiger partial charge in [0.2, 0.25) is 11.8 Å². The molecule has 0 spiro atoms. The molecule has 90 valence electrons. The van der Waals surface area contributed by atoms with Crippen molar-refractivity contribution in [2.45, 2.75) is 27.2 Å². The number of hydrogen-bond acceptors (Lipinski definition) is 4. The standard InChI is InChI=1S/C12H15N3O2/c1-7(2)4-12(3)8(5-13)10(16)15-11(17)9(12)6-14/h7-9H,4H2,1-3H3,(H,15,16,17)/t8-,9-/m0/s1. The van der Waals surface area contributed by atoms with E-state index in [0.29, 0.717) is 6.42 Å². The van der Waals surface area contributed by atoms with E-state index in [4.69, 9.17) is 10.5 Å². The van der Waals surface area contributed by atoms with Crippen molar-refractivity contribution < 1.29 is 9.59 Å². The molecular weight excluding hydrogens is 218 g/mol. The molecule has 0 radical (unpaired) electrons. The number of hydrogen-bond donors (Lipinski definition) is 1. The summed E-state index contributed by atoms with van der Waals surface area (Å²) in [5.74, 6) is -2.88. The summed E-state index contributed by atoms with van der Waals surface area (Å²) in [4.78, 5) is 23.3. The Morgan fingerprint density at radius 2 is 1.65 bits per heavy atom. The molecule has 2 atom stereocenters. The zero-order chi connectivity index (χ0) is 13.2. The third-order valence-electron chi connectivity index (χ3n) is 3.20. The van der Waals surface area contributed by atoms with Crippen LogP contribution < -0.4 is 5.32 Å².